The van der Waals surface area contributed by atoms with Crippen LogP contribution in [0.25, 0.3) is 6.08 Å². The predicted octanol–water partition coefficient (Wildman–Crippen LogP) is 2.55. The normalized spacial score (nSPS) is 10.2. The number of carbonyl (C=O) groups is 2. The number of benzene rings is 1. The minimum absolute atomic E-state index is 0.0776. The van der Waals surface area contributed by atoms with E-state index in [-0.39, 0.29) is 6.54 Å². The molecule has 0 atom stereocenters. The average Bonchev–Trinajstić information content (AvgIpc) is 2.33. The summed E-state index contributed by atoms with van der Waals surface area (Å²) in [4.78, 5) is 23.5. The van der Waals surface area contributed by atoms with Gasteiger partial charge in [0.2, 0.25) is 5.91 Å². The zero-order valence-corrected chi connectivity index (χ0v) is 11.9. The smallest absolute Gasteiger partial charge is 0.323 e. The van der Waals surface area contributed by atoms with Gasteiger partial charge in [-0.25, -0.2) is 0 Å². The fraction of sp³-hybridized carbons (Fsp3) is 0.143. The quantitative estimate of drug-likeness (QED) is 0.671. The van der Waals surface area contributed by atoms with Crippen molar-refractivity contribution in [3.05, 3.63) is 39.9 Å². The standard InChI is InChI=1S/C14H11Cl2NO3/c1-2-5-17(9-14(19)20)13(18)4-3-10-6-11(15)8-12(16)7-10/h1,3-4,6-8H,5,9H2,(H,19,20). The minimum atomic E-state index is -1.13. The summed E-state index contributed by atoms with van der Waals surface area (Å²) in [5.74, 6) is 0.606. The van der Waals surface area contributed by atoms with Crippen molar-refractivity contribution in [2.45, 2.75) is 0 Å². The highest BCUT2D eigenvalue weighted by atomic mass is 35.5. The van der Waals surface area contributed by atoms with Crippen LogP contribution >= 0.6 is 23.2 Å². The number of rotatable bonds is 5. The Kier molecular flexibility index (Phi) is 6.10. The number of amides is 1. The first kappa shape index (κ1) is 16.1. The third kappa shape index (κ3) is 5.35. The molecule has 0 heterocycles. The van der Waals surface area contributed by atoms with Crippen LogP contribution in [0.15, 0.2) is 24.3 Å². The van der Waals surface area contributed by atoms with Crippen molar-refractivity contribution >= 4 is 41.2 Å². The first-order valence-electron chi connectivity index (χ1n) is 5.50. The second kappa shape index (κ2) is 7.59. The zero-order valence-electron chi connectivity index (χ0n) is 10.3. The molecule has 0 spiro atoms. The van der Waals surface area contributed by atoms with Gasteiger partial charge in [0.1, 0.15) is 6.54 Å². The molecule has 104 valence electrons. The fourth-order valence-corrected chi connectivity index (χ4v) is 1.97. The van der Waals surface area contributed by atoms with Gasteiger partial charge in [-0.15, -0.1) is 6.42 Å². The van der Waals surface area contributed by atoms with E-state index in [1.165, 1.54) is 12.2 Å². The molecule has 1 rings (SSSR count). The maximum absolute atomic E-state index is 11.8. The molecule has 1 aromatic rings. The summed E-state index contributed by atoms with van der Waals surface area (Å²) in [5, 5.41) is 9.58. The molecule has 1 aromatic carbocycles. The molecule has 20 heavy (non-hydrogen) atoms. The molecule has 0 radical (unpaired) electrons. The molecule has 0 aliphatic rings. The van der Waals surface area contributed by atoms with Crippen LogP contribution in [-0.2, 0) is 9.59 Å². The topological polar surface area (TPSA) is 57.6 Å². The maximum Gasteiger partial charge on any atom is 0.323 e. The van der Waals surface area contributed by atoms with E-state index in [1.54, 1.807) is 18.2 Å². The van der Waals surface area contributed by atoms with Crippen molar-refractivity contribution in [3.63, 3.8) is 0 Å². The lowest BCUT2D eigenvalue weighted by Gasteiger charge is -2.15. The Balaban J connectivity index is 2.83. The SMILES string of the molecule is C#CCN(CC(=O)O)C(=O)C=Cc1cc(Cl)cc(Cl)c1. The molecule has 4 nitrogen and oxygen atoms in total. The maximum atomic E-state index is 11.8. The number of terminal acetylenes is 1. The Morgan fingerprint density at radius 1 is 1.30 bits per heavy atom. The number of hydrogen-bond donors (Lipinski definition) is 1. The van der Waals surface area contributed by atoms with Crippen LogP contribution in [0.4, 0.5) is 0 Å². The summed E-state index contributed by atoms with van der Waals surface area (Å²) < 4.78 is 0. The lowest BCUT2D eigenvalue weighted by molar-refractivity contribution is -0.142. The number of carboxylic acid groups (broad SMARTS) is 1. The van der Waals surface area contributed by atoms with Gasteiger partial charge in [-0.05, 0) is 29.8 Å². The van der Waals surface area contributed by atoms with Crippen LogP contribution in [0.3, 0.4) is 0 Å². The zero-order chi connectivity index (χ0) is 15.1. The van der Waals surface area contributed by atoms with Crippen LogP contribution in [0.5, 0.6) is 0 Å². The molecule has 1 amide bonds. The van der Waals surface area contributed by atoms with Gasteiger partial charge in [-0.1, -0.05) is 29.1 Å². The van der Waals surface area contributed by atoms with Gasteiger partial charge in [-0.3, -0.25) is 9.59 Å². The number of aliphatic carboxylic acids is 1. The Bertz CT molecular complexity index is 570. The summed E-state index contributed by atoms with van der Waals surface area (Å²) in [7, 11) is 0. The van der Waals surface area contributed by atoms with Crippen molar-refractivity contribution < 1.29 is 14.7 Å². The van der Waals surface area contributed by atoms with Crippen LogP contribution in [0.2, 0.25) is 10.0 Å². The molecule has 0 aliphatic heterocycles. The minimum Gasteiger partial charge on any atom is -0.480 e. The summed E-state index contributed by atoms with van der Waals surface area (Å²) in [6.07, 6.45) is 7.81. The highest BCUT2D eigenvalue weighted by Crippen LogP contribution is 2.19. The Morgan fingerprint density at radius 2 is 1.90 bits per heavy atom. The van der Waals surface area contributed by atoms with Crippen molar-refractivity contribution in [1.29, 1.82) is 0 Å². The number of halogens is 2. The van der Waals surface area contributed by atoms with Crippen molar-refractivity contribution in [1.82, 2.24) is 4.90 Å². The molecular formula is C14H11Cl2NO3. The van der Waals surface area contributed by atoms with Gasteiger partial charge in [0.05, 0.1) is 6.54 Å². The molecule has 0 aliphatic carbocycles. The first-order chi connectivity index (χ1) is 9.42. The second-order valence-electron chi connectivity index (χ2n) is 3.83. The molecule has 6 heteroatoms. The predicted molar refractivity (Wildman–Crippen MR) is 78.5 cm³/mol. The second-order valence-corrected chi connectivity index (χ2v) is 4.70. The fourth-order valence-electron chi connectivity index (χ4n) is 1.43. The summed E-state index contributed by atoms with van der Waals surface area (Å²) >= 11 is 11.7. The average molecular weight is 312 g/mol. The van der Waals surface area contributed by atoms with Crippen molar-refractivity contribution in [3.8, 4) is 12.3 Å². The summed E-state index contributed by atoms with van der Waals surface area (Å²) in [6.45, 7) is -0.532. The summed E-state index contributed by atoms with van der Waals surface area (Å²) in [6, 6.07) is 4.82. The Labute approximate surface area is 126 Å². The molecule has 1 N–H and O–H groups in total. The van der Waals surface area contributed by atoms with Gasteiger partial charge < -0.3 is 10.0 Å². The van der Waals surface area contributed by atoms with Crippen LogP contribution in [-0.4, -0.2) is 35.0 Å². The lowest BCUT2D eigenvalue weighted by Crippen LogP contribution is -2.34. The number of carbonyl (C=O) groups excluding carboxylic acids is 1. The van der Waals surface area contributed by atoms with Crippen molar-refractivity contribution in [2.75, 3.05) is 13.1 Å². The number of nitrogens with zero attached hydrogens (tertiary/aromatic N) is 1. The molecule has 0 bridgehead atoms. The van der Waals surface area contributed by atoms with E-state index in [0.717, 1.165) is 4.90 Å². The number of carboxylic acids is 1. The third-order valence-electron chi connectivity index (χ3n) is 2.22. The first-order valence-corrected chi connectivity index (χ1v) is 6.26. The van der Waals surface area contributed by atoms with Crippen LogP contribution < -0.4 is 0 Å². The van der Waals surface area contributed by atoms with E-state index in [0.29, 0.717) is 15.6 Å². The molecular weight excluding hydrogens is 301 g/mol. The third-order valence-corrected chi connectivity index (χ3v) is 2.66. The highest BCUT2D eigenvalue weighted by Gasteiger charge is 2.12. The van der Waals surface area contributed by atoms with E-state index >= 15 is 0 Å². The Hall–Kier alpha value is -1.96. The van der Waals surface area contributed by atoms with Crippen LogP contribution in [0.1, 0.15) is 5.56 Å². The van der Waals surface area contributed by atoms with Gasteiger partial charge >= 0.3 is 5.97 Å². The van der Waals surface area contributed by atoms with Crippen LogP contribution in [0, 0.1) is 12.3 Å². The highest BCUT2D eigenvalue weighted by molar-refractivity contribution is 6.34. The van der Waals surface area contributed by atoms with Gasteiger partial charge in [0.15, 0.2) is 0 Å². The molecule has 0 unspecified atom stereocenters. The van der Waals surface area contributed by atoms with Crippen molar-refractivity contribution in [2.24, 2.45) is 0 Å². The van der Waals surface area contributed by atoms with E-state index in [1.807, 2.05) is 0 Å². The van der Waals surface area contributed by atoms with Gasteiger partial charge in [0.25, 0.3) is 0 Å². The largest absolute Gasteiger partial charge is 0.480 e. The summed E-state index contributed by atoms with van der Waals surface area (Å²) in [5.41, 5.74) is 0.631. The Morgan fingerprint density at radius 3 is 2.40 bits per heavy atom. The van der Waals surface area contributed by atoms with Gasteiger partial charge in [0, 0.05) is 16.1 Å². The molecule has 0 fully saturated rings. The lowest BCUT2D eigenvalue weighted by atomic mass is 10.2. The van der Waals surface area contributed by atoms with E-state index in [9.17, 15) is 9.59 Å². The van der Waals surface area contributed by atoms with E-state index < -0.39 is 18.4 Å². The molecule has 0 saturated heterocycles. The molecule has 0 saturated carbocycles. The van der Waals surface area contributed by atoms with Gasteiger partial charge in [-0.2, -0.15) is 0 Å². The molecule has 0 aromatic heterocycles. The number of hydrogen-bond acceptors (Lipinski definition) is 2. The van der Waals surface area contributed by atoms with E-state index in [2.05, 4.69) is 5.92 Å². The van der Waals surface area contributed by atoms with E-state index in [4.69, 9.17) is 34.7 Å². The monoisotopic (exact) mass is 311 g/mol.